The van der Waals surface area contributed by atoms with Crippen molar-refractivity contribution in [1.82, 2.24) is 24.6 Å². The summed E-state index contributed by atoms with van der Waals surface area (Å²) < 4.78 is 3.61. The third-order valence-electron chi connectivity index (χ3n) is 7.15. The summed E-state index contributed by atoms with van der Waals surface area (Å²) in [5.41, 5.74) is 10.1. The van der Waals surface area contributed by atoms with Crippen LogP contribution >= 0.6 is 0 Å². The monoisotopic (exact) mass is 525 g/mol. The number of anilines is 1. The molecule has 2 heterocycles. The minimum atomic E-state index is -0.248. The van der Waals surface area contributed by atoms with Crippen LogP contribution in [0.3, 0.4) is 0 Å². The Kier molecular flexibility index (Phi) is 8.17. The van der Waals surface area contributed by atoms with Crippen molar-refractivity contribution >= 4 is 17.8 Å². The molecular formula is C30H35N7O2. The number of nitrogens with zero attached hydrogens (tertiary/aromatic N) is 4. The van der Waals surface area contributed by atoms with E-state index in [1.165, 1.54) is 0 Å². The molecule has 9 nitrogen and oxygen atoms in total. The molecule has 1 fully saturated rings. The van der Waals surface area contributed by atoms with Crippen LogP contribution in [0.25, 0.3) is 16.8 Å². The normalized spacial score (nSPS) is 17.1. The Labute approximate surface area is 228 Å². The number of imidazole rings is 1. The lowest BCUT2D eigenvalue weighted by atomic mass is 9.92. The molecule has 0 bridgehead atoms. The quantitative estimate of drug-likeness (QED) is 0.302. The summed E-state index contributed by atoms with van der Waals surface area (Å²) in [5, 5.41) is 10.4. The van der Waals surface area contributed by atoms with Gasteiger partial charge in [0.05, 0.1) is 11.9 Å². The fourth-order valence-corrected chi connectivity index (χ4v) is 5.00. The molecule has 0 atom stereocenters. The molecule has 4 aromatic rings. The number of para-hydroxylation sites is 1. The third-order valence-corrected chi connectivity index (χ3v) is 7.15. The number of nitrogens with two attached hydrogens (primary N) is 1. The Balaban J connectivity index is 1.26. The van der Waals surface area contributed by atoms with E-state index in [1.54, 1.807) is 16.9 Å². The summed E-state index contributed by atoms with van der Waals surface area (Å²) in [4.78, 5) is 30.5. The highest BCUT2D eigenvalue weighted by Crippen LogP contribution is 2.22. The van der Waals surface area contributed by atoms with Gasteiger partial charge in [0.25, 0.3) is 5.91 Å². The number of nitrogens with one attached hydrogen (secondary N) is 2. The number of amides is 2. The van der Waals surface area contributed by atoms with E-state index in [2.05, 4.69) is 15.7 Å². The minimum absolute atomic E-state index is 0.0694. The van der Waals surface area contributed by atoms with E-state index in [0.717, 1.165) is 48.2 Å². The van der Waals surface area contributed by atoms with Crippen LogP contribution in [0.5, 0.6) is 0 Å². The summed E-state index contributed by atoms with van der Waals surface area (Å²) in [6.07, 6.45) is 11.2. The van der Waals surface area contributed by atoms with Crippen LogP contribution < -0.4 is 16.4 Å². The highest BCUT2D eigenvalue weighted by molar-refractivity contribution is 6.04. The topological polar surface area (TPSA) is 120 Å². The van der Waals surface area contributed by atoms with Gasteiger partial charge < -0.3 is 11.1 Å². The van der Waals surface area contributed by atoms with Crippen molar-refractivity contribution in [3.8, 4) is 16.8 Å². The Morgan fingerprint density at radius 2 is 1.79 bits per heavy atom. The molecule has 2 amide bonds. The molecule has 0 saturated heterocycles. The van der Waals surface area contributed by atoms with Gasteiger partial charge in [0.1, 0.15) is 0 Å². The van der Waals surface area contributed by atoms with E-state index < -0.39 is 0 Å². The predicted octanol–water partition coefficient (Wildman–Crippen LogP) is 4.23. The highest BCUT2D eigenvalue weighted by Gasteiger charge is 2.20. The summed E-state index contributed by atoms with van der Waals surface area (Å²) in [6, 6.07) is 17.7. The van der Waals surface area contributed by atoms with Gasteiger partial charge in [-0.15, -0.1) is 0 Å². The van der Waals surface area contributed by atoms with E-state index in [-0.39, 0.29) is 23.9 Å². The first-order valence-electron chi connectivity index (χ1n) is 13.5. The van der Waals surface area contributed by atoms with Gasteiger partial charge in [-0.2, -0.15) is 5.10 Å². The van der Waals surface area contributed by atoms with Gasteiger partial charge in [-0.25, -0.2) is 4.98 Å². The number of aromatic nitrogens is 4. The molecule has 0 unspecified atom stereocenters. The van der Waals surface area contributed by atoms with Crippen LogP contribution in [0.2, 0.25) is 0 Å². The molecule has 9 heteroatoms. The molecule has 2 aromatic carbocycles. The van der Waals surface area contributed by atoms with E-state index in [0.29, 0.717) is 30.8 Å². The Morgan fingerprint density at radius 1 is 1.00 bits per heavy atom. The molecule has 4 N–H and O–H groups in total. The van der Waals surface area contributed by atoms with Crippen LogP contribution in [0, 0.1) is 0 Å². The van der Waals surface area contributed by atoms with Gasteiger partial charge in [-0.1, -0.05) is 30.3 Å². The number of aryl methyl sites for hydroxylation is 2. The predicted molar refractivity (Wildman–Crippen MR) is 151 cm³/mol. The Hall–Kier alpha value is -4.24. The molecule has 5 rings (SSSR count). The zero-order valence-electron chi connectivity index (χ0n) is 22.2. The molecule has 0 aliphatic heterocycles. The lowest BCUT2D eigenvalue weighted by Gasteiger charge is -2.26. The van der Waals surface area contributed by atoms with Gasteiger partial charge in [0, 0.05) is 54.8 Å². The second kappa shape index (κ2) is 12.1. The van der Waals surface area contributed by atoms with Gasteiger partial charge in [0.2, 0.25) is 11.9 Å². The standard InChI is InChI=1S/C30H35N7O2/c1-36-19-23(18-32-36)21-7-5-8-22(17-21)29(39)35-30-34-26(20-37(30)27-10-3-2-4-11-27)9-6-12-28(38)33-25-15-13-24(31)14-16-25/h2-5,7-8,10-11,17-20,24-25H,6,9,12-16,31H2,1H3,(H,33,38)(H,34,35,39)/t24-,25-. The number of carbonyl (C=O) groups excluding carboxylic acids is 2. The molecule has 2 aromatic heterocycles. The average molecular weight is 526 g/mol. The molecule has 1 aliphatic carbocycles. The zero-order chi connectivity index (χ0) is 27.2. The highest BCUT2D eigenvalue weighted by atomic mass is 16.2. The maximum atomic E-state index is 13.3. The first-order chi connectivity index (χ1) is 18.9. The SMILES string of the molecule is Cn1cc(-c2cccc(C(=O)Nc3nc(CCCC(=O)N[C@H]4CC[C@H](N)CC4)cn3-c3ccccc3)c2)cn1. The fraction of sp³-hybridized carbons (Fsp3) is 0.333. The van der Waals surface area contributed by atoms with Crippen molar-refractivity contribution in [3.05, 3.63) is 84.4 Å². The van der Waals surface area contributed by atoms with Crippen molar-refractivity contribution in [1.29, 1.82) is 0 Å². The molecule has 1 aliphatic rings. The largest absolute Gasteiger partial charge is 0.353 e. The number of benzene rings is 2. The second-order valence-corrected chi connectivity index (χ2v) is 10.2. The Bertz CT molecular complexity index is 1420. The van der Waals surface area contributed by atoms with Gasteiger partial charge >= 0.3 is 0 Å². The summed E-state index contributed by atoms with van der Waals surface area (Å²) in [7, 11) is 1.86. The molecule has 39 heavy (non-hydrogen) atoms. The van der Waals surface area contributed by atoms with Gasteiger partial charge in [0.15, 0.2) is 0 Å². The summed E-state index contributed by atoms with van der Waals surface area (Å²) >= 11 is 0. The minimum Gasteiger partial charge on any atom is -0.353 e. The second-order valence-electron chi connectivity index (χ2n) is 10.2. The summed E-state index contributed by atoms with van der Waals surface area (Å²) in [5.74, 6) is 0.262. The van der Waals surface area contributed by atoms with Crippen molar-refractivity contribution in [3.63, 3.8) is 0 Å². The van der Waals surface area contributed by atoms with Crippen LogP contribution in [0.1, 0.15) is 54.6 Å². The van der Waals surface area contributed by atoms with Crippen LogP contribution in [-0.2, 0) is 18.3 Å². The maximum absolute atomic E-state index is 13.3. The van der Waals surface area contributed by atoms with E-state index in [1.807, 2.05) is 72.5 Å². The number of hydrogen-bond donors (Lipinski definition) is 3. The number of hydrogen-bond acceptors (Lipinski definition) is 5. The Morgan fingerprint density at radius 3 is 2.54 bits per heavy atom. The van der Waals surface area contributed by atoms with Crippen LogP contribution in [-0.4, -0.2) is 43.2 Å². The first kappa shape index (κ1) is 26.4. The molecule has 0 radical (unpaired) electrons. The van der Waals surface area contributed by atoms with Gasteiger partial charge in [-0.3, -0.25) is 24.2 Å². The molecular weight excluding hydrogens is 490 g/mol. The van der Waals surface area contributed by atoms with Crippen LogP contribution in [0.15, 0.2) is 73.2 Å². The first-order valence-corrected chi connectivity index (χ1v) is 13.5. The summed E-state index contributed by atoms with van der Waals surface area (Å²) in [6.45, 7) is 0. The average Bonchev–Trinajstić information content (AvgIpc) is 3.56. The van der Waals surface area contributed by atoms with Crippen molar-refractivity contribution in [2.75, 3.05) is 5.32 Å². The molecule has 202 valence electrons. The van der Waals surface area contributed by atoms with Crippen molar-refractivity contribution < 1.29 is 9.59 Å². The van der Waals surface area contributed by atoms with E-state index in [9.17, 15) is 9.59 Å². The molecule has 0 spiro atoms. The van der Waals surface area contributed by atoms with E-state index >= 15 is 0 Å². The van der Waals surface area contributed by atoms with E-state index in [4.69, 9.17) is 10.7 Å². The number of carbonyl (C=O) groups is 2. The molecule has 1 saturated carbocycles. The maximum Gasteiger partial charge on any atom is 0.258 e. The number of rotatable bonds is 9. The fourth-order valence-electron chi connectivity index (χ4n) is 5.00. The lowest BCUT2D eigenvalue weighted by Crippen LogP contribution is -2.40. The van der Waals surface area contributed by atoms with Crippen molar-refractivity contribution in [2.45, 2.75) is 57.0 Å². The lowest BCUT2D eigenvalue weighted by molar-refractivity contribution is -0.122. The van der Waals surface area contributed by atoms with Crippen LogP contribution in [0.4, 0.5) is 5.95 Å². The third kappa shape index (κ3) is 6.80. The van der Waals surface area contributed by atoms with Gasteiger partial charge in [-0.05, 0) is 68.4 Å². The van der Waals surface area contributed by atoms with Crippen molar-refractivity contribution in [2.24, 2.45) is 12.8 Å². The smallest absolute Gasteiger partial charge is 0.258 e. The zero-order valence-corrected chi connectivity index (χ0v) is 22.2.